The van der Waals surface area contributed by atoms with E-state index in [-0.39, 0.29) is 6.04 Å². The largest absolute Gasteiger partial charge is 0.370 e. The van der Waals surface area contributed by atoms with Gasteiger partial charge in [0.25, 0.3) is 0 Å². The minimum Gasteiger partial charge on any atom is -0.370 e. The first kappa shape index (κ1) is 10.9. The van der Waals surface area contributed by atoms with E-state index in [0.717, 1.165) is 12.7 Å². The average Bonchev–Trinajstić information content (AvgIpc) is 2.11. The molecule has 12 heavy (non-hydrogen) atoms. The monoisotopic (exact) mass is 172 g/mol. The molecular formula is C7H16N4O. The lowest BCUT2D eigenvalue weighted by molar-refractivity contribution is -0.109. The van der Waals surface area contributed by atoms with E-state index < -0.39 is 0 Å². The van der Waals surface area contributed by atoms with Crippen molar-refractivity contribution in [2.75, 3.05) is 13.6 Å². The summed E-state index contributed by atoms with van der Waals surface area (Å²) in [5.41, 5.74) is 10.7. The van der Waals surface area contributed by atoms with Gasteiger partial charge in [-0.2, -0.15) is 0 Å². The Labute approximate surface area is 72.2 Å². The molecule has 0 aromatic carbocycles. The van der Waals surface area contributed by atoms with Crippen molar-refractivity contribution in [2.45, 2.75) is 18.9 Å². The van der Waals surface area contributed by atoms with E-state index in [4.69, 9.17) is 11.5 Å². The lowest BCUT2D eigenvalue weighted by Gasteiger charge is -2.05. The zero-order chi connectivity index (χ0) is 9.40. The number of aliphatic imine (C=N–C) groups is 1. The van der Waals surface area contributed by atoms with Crippen molar-refractivity contribution in [3.05, 3.63) is 0 Å². The zero-order valence-corrected chi connectivity index (χ0v) is 7.29. The van der Waals surface area contributed by atoms with Crippen molar-refractivity contribution < 1.29 is 4.79 Å². The topological polar surface area (TPSA) is 93.5 Å². The highest BCUT2D eigenvalue weighted by molar-refractivity contribution is 5.77. The Hall–Kier alpha value is -1.10. The summed E-state index contributed by atoms with van der Waals surface area (Å²) in [4.78, 5) is 13.8. The highest BCUT2D eigenvalue weighted by Crippen LogP contribution is 1.89. The standard InChI is InChI=1S/C7H16N4O/c1-10-7(9)11-4-2-3-6(8)5-12/h5-6H,2-4,8H2,1H3,(H3,9,10,11)/t6-/m1/s1. The van der Waals surface area contributed by atoms with Gasteiger partial charge in [0.05, 0.1) is 6.04 Å². The molecule has 0 aliphatic rings. The van der Waals surface area contributed by atoms with Gasteiger partial charge in [0.1, 0.15) is 6.29 Å². The maximum absolute atomic E-state index is 10.1. The van der Waals surface area contributed by atoms with Gasteiger partial charge in [0.15, 0.2) is 5.96 Å². The Morgan fingerprint density at radius 3 is 2.92 bits per heavy atom. The normalized spacial score (nSPS) is 14.0. The molecule has 5 N–H and O–H groups in total. The summed E-state index contributed by atoms with van der Waals surface area (Å²) >= 11 is 0. The van der Waals surface area contributed by atoms with Crippen LogP contribution in [-0.2, 0) is 4.79 Å². The fourth-order valence-electron chi connectivity index (χ4n) is 0.701. The molecule has 0 fully saturated rings. The van der Waals surface area contributed by atoms with Gasteiger partial charge in [-0.25, -0.2) is 0 Å². The van der Waals surface area contributed by atoms with Gasteiger partial charge in [-0.3, -0.25) is 4.99 Å². The molecular weight excluding hydrogens is 156 g/mol. The number of hydrogen-bond acceptors (Lipinski definition) is 3. The lowest BCUT2D eigenvalue weighted by atomic mass is 10.2. The van der Waals surface area contributed by atoms with Gasteiger partial charge < -0.3 is 21.6 Å². The van der Waals surface area contributed by atoms with Crippen LogP contribution in [0, 0.1) is 0 Å². The van der Waals surface area contributed by atoms with E-state index in [1.807, 2.05) is 0 Å². The van der Waals surface area contributed by atoms with Gasteiger partial charge >= 0.3 is 0 Å². The number of aldehydes is 1. The summed E-state index contributed by atoms with van der Waals surface area (Å²) in [6, 6.07) is -0.355. The number of nitrogens with two attached hydrogens (primary N) is 2. The lowest BCUT2D eigenvalue weighted by Crippen LogP contribution is -2.33. The average molecular weight is 172 g/mol. The third kappa shape index (κ3) is 5.67. The second-order valence-electron chi connectivity index (χ2n) is 2.48. The van der Waals surface area contributed by atoms with Crippen LogP contribution < -0.4 is 16.8 Å². The van der Waals surface area contributed by atoms with Crippen LogP contribution >= 0.6 is 0 Å². The minimum absolute atomic E-state index is 0.355. The van der Waals surface area contributed by atoms with E-state index in [9.17, 15) is 4.79 Å². The summed E-state index contributed by atoms with van der Waals surface area (Å²) in [5, 5.41) is 2.87. The SMILES string of the molecule is CN=C(N)NCCC[C@@H](N)C=O. The number of nitrogens with one attached hydrogen (secondary N) is 1. The number of carbonyl (C=O) groups is 1. The molecule has 0 saturated carbocycles. The summed E-state index contributed by atoms with van der Waals surface area (Å²) in [7, 11) is 1.61. The molecule has 70 valence electrons. The predicted molar refractivity (Wildman–Crippen MR) is 48.8 cm³/mol. The van der Waals surface area contributed by atoms with Gasteiger partial charge in [-0.15, -0.1) is 0 Å². The fraction of sp³-hybridized carbons (Fsp3) is 0.714. The number of nitrogens with zero attached hydrogens (tertiary/aromatic N) is 1. The smallest absolute Gasteiger partial charge is 0.188 e. The van der Waals surface area contributed by atoms with Crippen LogP contribution in [-0.4, -0.2) is 31.9 Å². The molecule has 0 bridgehead atoms. The van der Waals surface area contributed by atoms with Crippen molar-refractivity contribution in [3.63, 3.8) is 0 Å². The van der Waals surface area contributed by atoms with Gasteiger partial charge in [0.2, 0.25) is 0 Å². The Bertz CT molecular complexity index is 157. The molecule has 0 aromatic rings. The van der Waals surface area contributed by atoms with Crippen molar-refractivity contribution in [1.82, 2.24) is 5.32 Å². The van der Waals surface area contributed by atoms with Crippen molar-refractivity contribution in [2.24, 2.45) is 16.5 Å². The summed E-state index contributed by atoms with van der Waals surface area (Å²) in [6.07, 6.45) is 2.24. The Kier molecular flexibility index (Phi) is 6.00. The predicted octanol–water partition coefficient (Wildman–Crippen LogP) is -1.17. The zero-order valence-electron chi connectivity index (χ0n) is 7.29. The van der Waals surface area contributed by atoms with Crippen LogP contribution in [0.3, 0.4) is 0 Å². The van der Waals surface area contributed by atoms with E-state index in [1.165, 1.54) is 0 Å². The van der Waals surface area contributed by atoms with E-state index in [0.29, 0.717) is 18.9 Å². The molecule has 0 unspecified atom stereocenters. The molecule has 0 heterocycles. The summed E-state index contributed by atoms with van der Waals surface area (Å²) in [6.45, 7) is 0.699. The molecule has 0 saturated heterocycles. The molecule has 0 amide bonds. The molecule has 0 aromatic heterocycles. The van der Waals surface area contributed by atoms with Crippen LogP contribution in [0.5, 0.6) is 0 Å². The van der Waals surface area contributed by atoms with Crippen LogP contribution in [0.4, 0.5) is 0 Å². The van der Waals surface area contributed by atoms with Crippen molar-refractivity contribution in [3.8, 4) is 0 Å². The molecule has 0 radical (unpaired) electrons. The summed E-state index contributed by atoms with van der Waals surface area (Å²) < 4.78 is 0. The molecule has 0 spiro atoms. The molecule has 5 nitrogen and oxygen atoms in total. The Morgan fingerprint density at radius 2 is 2.42 bits per heavy atom. The molecule has 0 aliphatic carbocycles. The van der Waals surface area contributed by atoms with E-state index >= 15 is 0 Å². The Morgan fingerprint density at radius 1 is 1.75 bits per heavy atom. The van der Waals surface area contributed by atoms with E-state index in [1.54, 1.807) is 7.05 Å². The third-order valence-corrected chi connectivity index (χ3v) is 1.44. The first-order valence-corrected chi connectivity index (χ1v) is 3.87. The second-order valence-corrected chi connectivity index (χ2v) is 2.48. The number of carbonyl (C=O) groups excluding carboxylic acids is 1. The van der Waals surface area contributed by atoms with Crippen molar-refractivity contribution >= 4 is 12.2 Å². The van der Waals surface area contributed by atoms with Gasteiger partial charge in [-0.05, 0) is 12.8 Å². The Balaban J connectivity index is 3.27. The van der Waals surface area contributed by atoms with E-state index in [2.05, 4.69) is 10.3 Å². The molecule has 0 aliphatic heterocycles. The second kappa shape index (κ2) is 6.60. The quantitative estimate of drug-likeness (QED) is 0.211. The fourth-order valence-corrected chi connectivity index (χ4v) is 0.701. The van der Waals surface area contributed by atoms with Crippen LogP contribution in [0.2, 0.25) is 0 Å². The van der Waals surface area contributed by atoms with Crippen LogP contribution in [0.1, 0.15) is 12.8 Å². The third-order valence-electron chi connectivity index (χ3n) is 1.44. The summed E-state index contributed by atoms with van der Waals surface area (Å²) in [5.74, 6) is 0.412. The highest BCUT2D eigenvalue weighted by atomic mass is 16.1. The first-order chi connectivity index (χ1) is 5.70. The van der Waals surface area contributed by atoms with Gasteiger partial charge in [-0.1, -0.05) is 0 Å². The van der Waals surface area contributed by atoms with Crippen LogP contribution in [0.25, 0.3) is 0 Å². The first-order valence-electron chi connectivity index (χ1n) is 3.87. The molecule has 0 rings (SSSR count). The molecule has 1 atom stereocenters. The maximum atomic E-state index is 10.1. The maximum Gasteiger partial charge on any atom is 0.188 e. The minimum atomic E-state index is -0.355. The number of hydrogen-bond donors (Lipinski definition) is 3. The van der Waals surface area contributed by atoms with Crippen molar-refractivity contribution in [1.29, 1.82) is 0 Å². The highest BCUT2D eigenvalue weighted by Gasteiger charge is 1.98. The van der Waals surface area contributed by atoms with Gasteiger partial charge in [0, 0.05) is 13.6 Å². The molecule has 5 heteroatoms. The number of guanidine groups is 1. The number of rotatable bonds is 5. The van der Waals surface area contributed by atoms with Crippen LogP contribution in [0.15, 0.2) is 4.99 Å².